The molecule has 466 valence electrons. The second-order valence-corrected chi connectivity index (χ2v) is 22.4. The van der Waals surface area contributed by atoms with Crippen LogP contribution in [0.4, 0.5) is 0 Å². The number of carbonyl (C=O) groups is 4. The number of carbonyl (C=O) groups excluding carboxylic acids is 3. The van der Waals surface area contributed by atoms with E-state index in [0.717, 1.165) is 109 Å². The van der Waals surface area contributed by atoms with Gasteiger partial charge in [0.15, 0.2) is 24.6 Å². The van der Waals surface area contributed by atoms with Gasteiger partial charge in [0.1, 0.15) is 18.8 Å². The van der Waals surface area contributed by atoms with Crippen LogP contribution >= 0.6 is 0 Å². The molecule has 1 heterocycles. The summed E-state index contributed by atoms with van der Waals surface area (Å²) in [5.74, 6) is -3.16. The van der Waals surface area contributed by atoms with Gasteiger partial charge in [0.2, 0.25) is 0 Å². The highest BCUT2D eigenvalue weighted by Gasteiger charge is 2.50. The van der Waals surface area contributed by atoms with E-state index in [9.17, 15) is 34.5 Å². The van der Waals surface area contributed by atoms with Crippen LogP contribution in [0.3, 0.4) is 0 Å². The number of allylic oxidation sites excluding steroid dienone is 12. The molecule has 81 heavy (non-hydrogen) atoms. The highest BCUT2D eigenvalue weighted by Crippen LogP contribution is 2.27. The van der Waals surface area contributed by atoms with E-state index < -0.39 is 67.3 Å². The minimum Gasteiger partial charge on any atom is -0.479 e. The third-order valence-electron chi connectivity index (χ3n) is 14.8. The number of hydrogen-bond acceptors (Lipinski definition) is 11. The number of rotatable bonds is 56. The maximum Gasteiger partial charge on any atom is 0.335 e. The Morgan fingerprint density at radius 1 is 0.420 bits per heavy atom. The summed E-state index contributed by atoms with van der Waals surface area (Å²) in [6, 6.07) is 0. The molecule has 0 aromatic heterocycles. The lowest BCUT2D eigenvalue weighted by molar-refractivity contribution is -0.301. The second-order valence-electron chi connectivity index (χ2n) is 22.4. The Hall–Kier alpha value is -3.84. The Kier molecular flexibility index (Phi) is 52.6. The largest absolute Gasteiger partial charge is 0.479 e. The molecule has 3 N–H and O–H groups in total. The van der Waals surface area contributed by atoms with Crippen LogP contribution in [0.25, 0.3) is 0 Å². The van der Waals surface area contributed by atoms with Gasteiger partial charge < -0.3 is 39.0 Å². The zero-order valence-electron chi connectivity index (χ0n) is 51.5. The molecule has 1 rings (SSSR count). The summed E-state index contributed by atoms with van der Waals surface area (Å²) in [4.78, 5) is 51.3. The molecule has 1 saturated heterocycles. The molecule has 0 saturated carbocycles. The Labute approximate surface area is 493 Å². The van der Waals surface area contributed by atoms with E-state index in [1.54, 1.807) is 0 Å². The average Bonchev–Trinajstić information content (AvgIpc) is 3.54. The highest BCUT2D eigenvalue weighted by atomic mass is 16.7. The number of ether oxygens (including phenoxy) is 5. The van der Waals surface area contributed by atoms with Crippen molar-refractivity contribution in [2.24, 2.45) is 0 Å². The zero-order chi connectivity index (χ0) is 58.9. The molecule has 0 bridgehead atoms. The standard InChI is InChI=1S/C69H118O12/c1-4-7-10-13-16-19-22-25-27-29-31-33-35-38-40-43-46-49-52-55-61(70)77-58-60(79-62(71)56-53-50-47-44-41-37-24-21-18-15-12-9-6-3)59-78-69-67(65(74)64(73)66(81-69)68(75)76)80-63(72)57-54-51-48-45-42-39-36-34-32-30-28-26-23-20-17-14-11-8-5-2/h8,11,17,20-21,24,26,28,32,34,39,42,60,64-67,69,73-74H,4-7,9-10,12-16,18-19,22-23,25,27,29-31,33,35-38,40-41,43-59H2,1-3H3,(H,75,76)/b11-8-,20-17-,24-21-,28-26-,34-32-,42-39-. The van der Waals surface area contributed by atoms with Gasteiger partial charge in [0, 0.05) is 19.3 Å². The number of esters is 3. The fourth-order valence-electron chi connectivity index (χ4n) is 9.74. The van der Waals surface area contributed by atoms with E-state index in [4.69, 9.17) is 23.7 Å². The van der Waals surface area contributed by atoms with Crippen LogP contribution in [0.2, 0.25) is 0 Å². The number of aliphatic hydroxyl groups excluding tert-OH is 2. The molecule has 1 aliphatic heterocycles. The number of carboxylic acids is 1. The van der Waals surface area contributed by atoms with E-state index in [0.29, 0.717) is 19.3 Å². The van der Waals surface area contributed by atoms with Gasteiger partial charge >= 0.3 is 23.9 Å². The van der Waals surface area contributed by atoms with E-state index in [2.05, 4.69) is 93.7 Å². The van der Waals surface area contributed by atoms with Crippen LogP contribution in [0.15, 0.2) is 72.9 Å². The van der Waals surface area contributed by atoms with E-state index >= 15 is 0 Å². The average molecular weight is 1140 g/mol. The number of aliphatic hydroxyl groups is 2. The molecule has 12 heteroatoms. The van der Waals surface area contributed by atoms with Gasteiger partial charge in [-0.3, -0.25) is 14.4 Å². The quantitative estimate of drug-likeness (QED) is 0.0228. The molecule has 6 atom stereocenters. The first-order valence-electron chi connectivity index (χ1n) is 32.9. The summed E-state index contributed by atoms with van der Waals surface area (Å²) in [7, 11) is 0. The molecular weight excluding hydrogens is 1020 g/mol. The first-order chi connectivity index (χ1) is 39.6. The van der Waals surface area contributed by atoms with Crippen LogP contribution in [0, 0.1) is 0 Å². The lowest BCUT2D eigenvalue weighted by atomic mass is 9.98. The molecule has 1 fully saturated rings. The maximum atomic E-state index is 13.2. The van der Waals surface area contributed by atoms with Crippen molar-refractivity contribution in [2.45, 2.75) is 327 Å². The third kappa shape index (κ3) is 46.3. The van der Waals surface area contributed by atoms with E-state index in [1.807, 2.05) is 0 Å². The normalized spacial score (nSPS) is 18.2. The molecule has 1 aliphatic rings. The lowest BCUT2D eigenvalue weighted by Crippen LogP contribution is -2.61. The van der Waals surface area contributed by atoms with Crippen molar-refractivity contribution in [3.8, 4) is 0 Å². The topological polar surface area (TPSA) is 175 Å². The van der Waals surface area contributed by atoms with Gasteiger partial charge in [-0.2, -0.15) is 0 Å². The lowest BCUT2D eigenvalue weighted by Gasteiger charge is -2.40. The van der Waals surface area contributed by atoms with Crippen LogP contribution in [-0.4, -0.2) is 89.2 Å². The molecule has 0 aromatic carbocycles. The molecule has 0 aromatic rings. The number of aliphatic carboxylic acids is 1. The molecule has 0 aliphatic carbocycles. The Morgan fingerprint density at radius 2 is 0.778 bits per heavy atom. The minimum absolute atomic E-state index is 0.0198. The summed E-state index contributed by atoms with van der Waals surface area (Å²) in [5, 5.41) is 31.6. The van der Waals surface area contributed by atoms with Gasteiger partial charge in [-0.1, -0.05) is 254 Å². The summed E-state index contributed by atoms with van der Waals surface area (Å²) in [6.45, 7) is 5.88. The summed E-state index contributed by atoms with van der Waals surface area (Å²) >= 11 is 0. The van der Waals surface area contributed by atoms with Gasteiger partial charge in [0.25, 0.3) is 0 Å². The van der Waals surface area contributed by atoms with Crippen molar-refractivity contribution in [2.75, 3.05) is 13.2 Å². The summed E-state index contributed by atoms with van der Waals surface area (Å²) in [6.07, 6.45) is 60.1. The monoisotopic (exact) mass is 1140 g/mol. The zero-order valence-corrected chi connectivity index (χ0v) is 51.5. The van der Waals surface area contributed by atoms with Crippen molar-refractivity contribution >= 4 is 23.9 Å². The smallest absolute Gasteiger partial charge is 0.335 e. The maximum absolute atomic E-state index is 13.2. The van der Waals surface area contributed by atoms with Crippen LogP contribution in [0.5, 0.6) is 0 Å². The minimum atomic E-state index is -1.92. The molecule has 6 unspecified atom stereocenters. The van der Waals surface area contributed by atoms with Crippen molar-refractivity contribution in [3.05, 3.63) is 72.9 Å². The van der Waals surface area contributed by atoms with E-state index in [-0.39, 0.29) is 25.9 Å². The molecular formula is C69H118O12. The van der Waals surface area contributed by atoms with Crippen molar-refractivity contribution < 1.29 is 58.2 Å². The molecule has 0 spiro atoms. The predicted octanol–water partition coefficient (Wildman–Crippen LogP) is 17.7. The van der Waals surface area contributed by atoms with Crippen molar-refractivity contribution in [1.29, 1.82) is 0 Å². The number of unbranched alkanes of at least 4 members (excludes halogenated alkanes) is 30. The third-order valence-corrected chi connectivity index (χ3v) is 14.8. The van der Waals surface area contributed by atoms with Gasteiger partial charge in [-0.05, 0) is 89.9 Å². The Balaban J connectivity index is 2.65. The van der Waals surface area contributed by atoms with Crippen molar-refractivity contribution in [1.82, 2.24) is 0 Å². The molecule has 12 nitrogen and oxygen atoms in total. The Morgan fingerprint density at radius 3 is 1.22 bits per heavy atom. The SMILES string of the molecule is CC/C=C\C/C=C\C/C=C\C/C=C\C/C=C\CCCCCC(=O)OC1C(OCC(COC(=O)CCCCCCCCCCCCCCCCCCCCC)OC(=O)CCCCCCC/C=C\CCCCCC)OC(C(=O)O)C(O)C1O. The highest BCUT2D eigenvalue weighted by molar-refractivity contribution is 5.74. The van der Waals surface area contributed by atoms with Crippen LogP contribution in [0.1, 0.15) is 290 Å². The van der Waals surface area contributed by atoms with Crippen LogP contribution in [-0.2, 0) is 42.9 Å². The van der Waals surface area contributed by atoms with Crippen molar-refractivity contribution in [3.63, 3.8) is 0 Å². The number of hydrogen-bond donors (Lipinski definition) is 3. The van der Waals surface area contributed by atoms with Gasteiger partial charge in [-0.25, -0.2) is 4.79 Å². The number of carboxylic acid groups (broad SMARTS) is 1. The summed E-state index contributed by atoms with van der Waals surface area (Å²) < 4.78 is 28.5. The molecule has 0 radical (unpaired) electrons. The van der Waals surface area contributed by atoms with E-state index in [1.165, 1.54) is 122 Å². The van der Waals surface area contributed by atoms with Crippen LogP contribution < -0.4 is 0 Å². The fourth-order valence-corrected chi connectivity index (χ4v) is 9.74. The predicted molar refractivity (Wildman–Crippen MR) is 331 cm³/mol. The van der Waals surface area contributed by atoms with Gasteiger partial charge in [-0.15, -0.1) is 0 Å². The second kappa shape index (κ2) is 56.6. The first-order valence-corrected chi connectivity index (χ1v) is 32.9. The first kappa shape index (κ1) is 75.2. The Bertz CT molecular complexity index is 1680. The van der Waals surface area contributed by atoms with Gasteiger partial charge in [0.05, 0.1) is 6.61 Å². The fraction of sp³-hybridized carbons (Fsp3) is 0.768. The molecule has 0 amide bonds. The summed E-state index contributed by atoms with van der Waals surface area (Å²) in [5.41, 5.74) is 0.